The molecule has 2 aromatic heterocycles. The number of amides is 2. The van der Waals surface area contributed by atoms with Crippen LogP contribution in [-0.4, -0.2) is 27.1 Å². The molecule has 24 heavy (non-hydrogen) atoms. The quantitative estimate of drug-likeness (QED) is 0.856. The number of pyridine rings is 1. The molecule has 1 aliphatic rings. The second kappa shape index (κ2) is 7.47. The van der Waals surface area contributed by atoms with Crippen LogP contribution < -0.4 is 10.6 Å². The van der Waals surface area contributed by atoms with Gasteiger partial charge < -0.3 is 10.6 Å². The van der Waals surface area contributed by atoms with Crippen LogP contribution in [0.1, 0.15) is 44.6 Å². The van der Waals surface area contributed by atoms with Crippen LogP contribution >= 0.6 is 0 Å². The fourth-order valence-electron chi connectivity index (χ4n) is 3.40. The summed E-state index contributed by atoms with van der Waals surface area (Å²) in [6.45, 7) is 3.47. The van der Waals surface area contributed by atoms with E-state index in [2.05, 4.69) is 27.5 Å². The second-order valence-electron chi connectivity index (χ2n) is 6.59. The average molecular weight is 327 g/mol. The highest BCUT2D eigenvalue weighted by Gasteiger charge is 2.32. The molecule has 0 aromatic carbocycles. The fourth-order valence-corrected chi connectivity index (χ4v) is 3.40. The summed E-state index contributed by atoms with van der Waals surface area (Å²) >= 11 is 0. The van der Waals surface area contributed by atoms with Crippen LogP contribution in [0.3, 0.4) is 0 Å². The Morgan fingerprint density at radius 2 is 2.12 bits per heavy atom. The Labute approximate surface area is 142 Å². The van der Waals surface area contributed by atoms with Crippen LogP contribution in [0.15, 0.2) is 37.1 Å². The normalized spacial score (nSPS) is 16.0. The van der Waals surface area contributed by atoms with E-state index in [4.69, 9.17) is 0 Å². The molecule has 0 bridgehead atoms. The molecule has 3 rings (SSSR count). The Morgan fingerprint density at radius 1 is 1.29 bits per heavy atom. The standard InChI is InChI=1S/C18H25N5O/c1-2-18(6-3-4-7-18)13-22-17(24)21-12-15-5-8-20-16(11-15)23-10-9-19-14-23/h5,8-11,14H,2-4,6-7,12-13H2,1H3,(H2,21,22,24). The molecular weight excluding hydrogens is 302 g/mol. The molecule has 2 N–H and O–H groups in total. The van der Waals surface area contributed by atoms with Crippen LogP contribution in [0, 0.1) is 5.41 Å². The molecule has 6 heteroatoms. The maximum absolute atomic E-state index is 12.1. The lowest BCUT2D eigenvalue weighted by Gasteiger charge is -2.27. The molecule has 2 heterocycles. The molecule has 1 saturated carbocycles. The van der Waals surface area contributed by atoms with Gasteiger partial charge in [0.15, 0.2) is 0 Å². The number of hydrogen-bond acceptors (Lipinski definition) is 3. The predicted octanol–water partition coefficient (Wildman–Crippen LogP) is 3.04. The molecule has 1 fully saturated rings. The summed E-state index contributed by atoms with van der Waals surface area (Å²) < 4.78 is 1.84. The number of carbonyl (C=O) groups is 1. The highest BCUT2D eigenvalue weighted by Crippen LogP contribution is 2.40. The van der Waals surface area contributed by atoms with Gasteiger partial charge in [-0.1, -0.05) is 19.8 Å². The van der Waals surface area contributed by atoms with Crippen molar-refractivity contribution in [1.82, 2.24) is 25.2 Å². The maximum atomic E-state index is 12.1. The van der Waals surface area contributed by atoms with Crippen LogP contribution in [0.25, 0.3) is 5.82 Å². The molecule has 2 aromatic rings. The molecule has 0 aliphatic heterocycles. The highest BCUT2D eigenvalue weighted by molar-refractivity contribution is 5.73. The Hall–Kier alpha value is -2.37. The van der Waals surface area contributed by atoms with Crippen molar-refractivity contribution in [2.45, 2.75) is 45.6 Å². The zero-order valence-corrected chi connectivity index (χ0v) is 14.2. The van der Waals surface area contributed by atoms with Crippen LogP contribution in [0.5, 0.6) is 0 Å². The Kier molecular flexibility index (Phi) is 5.13. The Balaban J connectivity index is 1.50. The minimum absolute atomic E-state index is 0.101. The summed E-state index contributed by atoms with van der Waals surface area (Å²) in [5.41, 5.74) is 1.32. The summed E-state index contributed by atoms with van der Waals surface area (Å²) in [6.07, 6.45) is 13.2. The molecule has 0 unspecified atom stereocenters. The number of hydrogen-bond donors (Lipinski definition) is 2. The Bertz CT molecular complexity index is 662. The van der Waals surface area contributed by atoms with Gasteiger partial charge in [0.25, 0.3) is 0 Å². The number of carbonyl (C=O) groups excluding carboxylic acids is 1. The summed E-state index contributed by atoms with van der Waals surface area (Å²) in [5, 5.41) is 5.98. The minimum atomic E-state index is -0.101. The summed E-state index contributed by atoms with van der Waals surface area (Å²) in [6, 6.07) is 3.76. The first-order valence-electron chi connectivity index (χ1n) is 8.66. The lowest BCUT2D eigenvalue weighted by atomic mass is 9.83. The van der Waals surface area contributed by atoms with Crippen molar-refractivity contribution in [3.05, 3.63) is 42.6 Å². The number of urea groups is 1. The molecular formula is C18H25N5O. The van der Waals surface area contributed by atoms with Gasteiger partial charge in [-0.25, -0.2) is 14.8 Å². The monoisotopic (exact) mass is 327 g/mol. The van der Waals surface area contributed by atoms with Gasteiger partial charge in [-0.2, -0.15) is 0 Å². The fraction of sp³-hybridized carbons (Fsp3) is 0.500. The van der Waals surface area contributed by atoms with E-state index in [0.717, 1.165) is 24.3 Å². The first-order valence-corrected chi connectivity index (χ1v) is 8.66. The van der Waals surface area contributed by atoms with Crippen molar-refractivity contribution < 1.29 is 4.79 Å². The van der Waals surface area contributed by atoms with Gasteiger partial charge in [-0.15, -0.1) is 0 Å². The predicted molar refractivity (Wildman–Crippen MR) is 92.8 cm³/mol. The van der Waals surface area contributed by atoms with E-state index < -0.39 is 0 Å². The van der Waals surface area contributed by atoms with E-state index in [1.54, 1.807) is 18.7 Å². The second-order valence-corrected chi connectivity index (χ2v) is 6.59. The molecule has 2 amide bonds. The zero-order chi connectivity index (χ0) is 16.8. The van der Waals surface area contributed by atoms with Crippen LogP contribution in [0.4, 0.5) is 4.79 Å². The van der Waals surface area contributed by atoms with Crippen molar-refractivity contribution in [3.8, 4) is 5.82 Å². The van der Waals surface area contributed by atoms with Crippen LogP contribution in [-0.2, 0) is 6.54 Å². The average Bonchev–Trinajstić information content (AvgIpc) is 3.30. The van der Waals surface area contributed by atoms with Crippen molar-refractivity contribution in [2.75, 3.05) is 6.54 Å². The molecule has 6 nitrogen and oxygen atoms in total. The summed E-state index contributed by atoms with van der Waals surface area (Å²) in [5.74, 6) is 0.795. The highest BCUT2D eigenvalue weighted by atomic mass is 16.2. The van der Waals surface area contributed by atoms with Gasteiger partial charge in [0.2, 0.25) is 0 Å². The zero-order valence-electron chi connectivity index (χ0n) is 14.2. The number of rotatable bonds is 6. The van der Waals surface area contributed by atoms with E-state index in [9.17, 15) is 4.79 Å². The lowest BCUT2D eigenvalue weighted by Crippen LogP contribution is -2.41. The largest absolute Gasteiger partial charge is 0.338 e. The summed E-state index contributed by atoms with van der Waals surface area (Å²) in [4.78, 5) is 20.4. The number of aromatic nitrogens is 3. The third-order valence-electron chi connectivity index (χ3n) is 5.07. The molecule has 0 atom stereocenters. The topological polar surface area (TPSA) is 71.8 Å². The Morgan fingerprint density at radius 3 is 2.83 bits per heavy atom. The van der Waals surface area contributed by atoms with Gasteiger partial charge in [0, 0.05) is 31.7 Å². The maximum Gasteiger partial charge on any atom is 0.315 e. The van der Waals surface area contributed by atoms with Gasteiger partial charge >= 0.3 is 6.03 Å². The number of nitrogens with one attached hydrogen (secondary N) is 2. The third kappa shape index (κ3) is 3.93. The van der Waals surface area contributed by atoms with Gasteiger partial charge in [-0.3, -0.25) is 4.57 Å². The van der Waals surface area contributed by atoms with Crippen molar-refractivity contribution in [1.29, 1.82) is 0 Å². The lowest BCUT2D eigenvalue weighted by molar-refractivity contribution is 0.224. The van der Waals surface area contributed by atoms with Gasteiger partial charge in [0.05, 0.1) is 0 Å². The SMILES string of the molecule is CCC1(CNC(=O)NCc2ccnc(-n3ccnc3)c2)CCCC1. The minimum Gasteiger partial charge on any atom is -0.338 e. The number of nitrogens with zero attached hydrogens (tertiary/aromatic N) is 3. The van der Waals surface area contributed by atoms with E-state index in [1.807, 2.05) is 22.9 Å². The molecule has 0 spiro atoms. The first-order chi connectivity index (χ1) is 11.7. The van der Waals surface area contributed by atoms with Crippen molar-refractivity contribution >= 4 is 6.03 Å². The van der Waals surface area contributed by atoms with Crippen LogP contribution in [0.2, 0.25) is 0 Å². The molecule has 0 radical (unpaired) electrons. The van der Waals surface area contributed by atoms with E-state index >= 15 is 0 Å². The van der Waals surface area contributed by atoms with Crippen molar-refractivity contribution in [3.63, 3.8) is 0 Å². The van der Waals surface area contributed by atoms with E-state index in [1.165, 1.54) is 25.7 Å². The molecule has 128 valence electrons. The smallest absolute Gasteiger partial charge is 0.315 e. The molecule has 0 saturated heterocycles. The van der Waals surface area contributed by atoms with Crippen molar-refractivity contribution in [2.24, 2.45) is 5.41 Å². The van der Waals surface area contributed by atoms with E-state index in [-0.39, 0.29) is 6.03 Å². The van der Waals surface area contributed by atoms with E-state index in [0.29, 0.717) is 12.0 Å². The number of imidazole rings is 1. The van der Waals surface area contributed by atoms with Gasteiger partial charge in [-0.05, 0) is 42.4 Å². The first kappa shape index (κ1) is 16.5. The van der Waals surface area contributed by atoms with Gasteiger partial charge in [0.1, 0.15) is 12.1 Å². The summed E-state index contributed by atoms with van der Waals surface area (Å²) in [7, 11) is 0. The molecule has 1 aliphatic carbocycles. The third-order valence-corrected chi connectivity index (χ3v) is 5.07.